The van der Waals surface area contributed by atoms with E-state index in [0.29, 0.717) is 5.58 Å². The average Bonchev–Trinajstić information content (AvgIpc) is 2.82. The predicted molar refractivity (Wildman–Crippen MR) is 71.3 cm³/mol. The van der Waals surface area contributed by atoms with Gasteiger partial charge in [-0.05, 0) is 25.0 Å². The van der Waals surface area contributed by atoms with Crippen molar-refractivity contribution in [2.45, 2.75) is 25.7 Å². The summed E-state index contributed by atoms with van der Waals surface area (Å²) < 4.78 is 18.3. The summed E-state index contributed by atoms with van der Waals surface area (Å²) in [5.41, 5.74) is 4.17. The fourth-order valence-electron chi connectivity index (χ4n) is 2.71. The maximum absolute atomic E-state index is 13.1. The van der Waals surface area contributed by atoms with Crippen molar-refractivity contribution in [3.05, 3.63) is 29.7 Å². The van der Waals surface area contributed by atoms with Crippen molar-refractivity contribution in [3.8, 4) is 0 Å². The Labute approximate surface area is 115 Å². The maximum atomic E-state index is 13.1. The smallest absolute Gasteiger partial charge is 0.231 e. The van der Waals surface area contributed by atoms with E-state index in [4.69, 9.17) is 4.52 Å². The van der Waals surface area contributed by atoms with Crippen molar-refractivity contribution in [1.82, 2.24) is 15.6 Å². The lowest BCUT2D eigenvalue weighted by Gasteiger charge is -2.30. The first-order valence-electron chi connectivity index (χ1n) is 6.70. The Morgan fingerprint density at radius 1 is 1.45 bits per heavy atom. The molecule has 0 spiro atoms. The molecule has 3 rings (SSSR count). The van der Waals surface area contributed by atoms with E-state index in [1.165, 1.54) is 19.1 Å². The number of rotatable bonds is 2. The van der Waals surface area contributed by atoms with Crippen molar-refractivity contribution < 1.29 is 13.7 Å². The molecule has 2 heterocycles. The second-order valence-electron chi connectivity index (χ2n) is 5.14. The molecule has 1 aromatic carbocycles. The number of nitrogens with zero attached hydrogens (tertiary/aromatic N) is 2. The topological polar surface area (TPSA) is 58.4 Å². The van der Waals surface area contributed by atoms with Crippen molar-refractivity contribution in [2.24, 2.45) is 0 Å². The molecule has 1 amide bonds. The molecule has 1 fully saturated rings. The van der Waals surface area contributed by atoms with E-state index in [0.717, 1.165) is 37.0 Å². The molecule has 1 aliphatic heterocycles. The number of nitrogens with one attached hydrogen (secondary N) is 1. The number of piperidine rings is 1. The van der Waals surface area contributed by atoms with Crippen molar-refractivity contribution in [1.29, 1.82) is 0 Å². The summed E-state index contributed by atoms with van der Waals surface area (Å²) >= 11 is 0. The second-order valence-corrected chi connectivity index (χ2v) is 5.14. The SMILES string of the molecule is CC(=O)NN1CCC(c2noc3cc(F)ccc23)CC1. The van der Waals surface area contributed by atoms with E-state index >= 15 is 0 Å². The zero-order valence-electron chi connectivity index (χ0n) is 11.2. The van der Waals surface area contributed by atoms with E-state index < -0.39 is 0 Å². The standard InChI is InChI=1S/C14H16FN3O2/c1-9(19)16-18-6-4-10(5-7-18)14-12-3-2-11(15)8-13(12)20-17-14/h2-3,8,10H,4-7H2,1H3,(H,16,19). The molecule has 0 radical (unpaired) electrons. The molecule has 1 aliphatic rings. The first-order valence-corrected chi connectivity index (χ1v) is 6.70. The Morgan fingerprint density at radius 3 is 2.90 bits per heavy atom. The molecular formula is C14H16FN3O2. The van der Waals surface area contributed by atoms with Gasteiger partial charge in [-0.2, -0.15) is 0 Å². The number of amides is 1. The van der Waals surface area contributed by atoms with Gasteiger partial charge in [0.05, 0.1) is 5.69 Å². The Balaban J connectivity index is 1.75. The number of carbonyl (C=O) groups excluding carboxylic acids is 1. The maximum Gasteiger partial charge on any atom is 0.231 e. The molecule has 106 valence electrons. The van der Waals surface area contributed by atoms with Gasteiger partial charge in [-0.25, -0.2) is 9.40 Å². The van der Waals surface area contributed by atoms with Crippen LogP contribution in [0.5, 0.6) is 0 Å². The third kappa shape index (κ3) is 2.51. The lowest BCUT2D eigenvalue weighted by atomic mass is 9.92. The van der Waals surface area contributed by atoms with Crippen molar-refractivity contribution >= 4 is 16.9 Å². The number of benzene rings is 1. The second kappa shape index (κ2) is 5.20. The fourth-order valence-corrected chi connectivity index (χ4v) is 2.71. The van der Waals surface area contributed by atoms with E-state index in [2.05, 4.69) is 10.6 Å². The number of hydrogen-bond donors (Lipinski definition) is 1. The van der Waals surface area contributed by atoms with Crippen LogP contribution in [0.25, 0.3) is 11.0 Å². The molecule has 5 nitrogen and oxygen atoms in total. The highest BCUT2D eigenvalue weighted by atomic mass is 19.1. The van der Waals surface area contributed by atoms with Crippen LogP contribution >= 0.6 is 0 Å². The molecule has 20 heavy (non-hydrogen) atoms. The molecular weight excluding hydrogens is 261 g/mol. The summed E-state index contributed by atoms with van der Waals surface area (Å²) in [5.74, 6) is -0.0850. The number of hydrogen-bond acceptors (Lipinski definition) is 4. The van der Waals surface area contributed by atoms with Gasteiger partial charge >= 0.3 is 0 Å². The fraction of sp³-hybridized carbons (Fsp3) is 0.429. The summed E-state index contributed by atoms with van der Waals surface area (Å²) in [7, 11) is 0. The van der Waals surface area contributed by atoms with Gasteiger partial charge in [0.15, 0.2) is 5.58 Å². The van der Waals surface area contributed by atoms with Crippen LogP contribution in [0.15, 0.2) is 22.7 Å². The summed E-state index contributed by atoms with van der Waals surface area (Å²) in [6, 6.07) is 4.50. The Kier molecular flexibility index (Phi) is 3.40. The molecule has 1 N–H and O–H groups in total. The van der Waals surface area contributed by atoms with Crippen LogP contribution in [0.2, 0.25) is 0 Å². The summed E-state index contributed by atoms with van der Waals surface area (Å²) in [6.45, 7) is 3.06. The van der Waals surface area contributed by atoms with Crippen LogP contribution in [-0.2, 0) is 4.79 Å². The predicted octanol–water partition coefficient (Wildman–Crippen LogP) is 2.20. The molecule has 0 unspecified atom stereocenters. The molecule has 2 aromatic rings. The van der Waals surface area contributed by atoms with Crippen LogP contribution in [0.4, 0.5) is 4.39 Å². The third-order valence-electron chi connectivity index (χ3n) is 3.66. The lowest BCUT2D eigenvalue weighted by molar-refractivity contribution is -0.124. The van der Waals surface area contributed by atoms with E-state index in [9.17, 15) is 9.18 Å². The molecule has 6 heteroatoms. The highest BCUT2D eigenvalue weighted by molar-refractivity contribution is 5.79. The molecule has 1 aromatic heterocycles. The number of carbonyl (C=O) groups is 1. The van der Waals surface area contributed by atoms with E-state index in [1.807, 2.05) is 5.01 Å². The van der Waals surface area contributed by atoms with Gasteiger partial charge < -0.3 is 4.52 Å². The number of hydrazine groups is 1. The average molecular weight is 277 g/mol. The monoisotopic (exact) mass is 277 g/mol. The minimum atomic E-state index is -0.319. The third-order valence-corrected chi connectivity index (χ3v) is 3.66. The Bertz CT molecular complexity index is 632. The van der Waals surface area contributed by atoms with Gasteiger partial charge in [-0.1, -0.05) is 5.16 Å². The minimum absolute atomic E-state index is 0.0502. The summed E-state index contributed by atoms with van der Waals surface area (Å²) in [4.78, 5) is 11.0. The van der Waals surface area contributed by atoms with Gasteiger partial charge in [0.1, 0.15) is 5.82 Å². The van der Waals surface area contributed by atoms with Crippen LogP contribution in [0.3, 0.4) is 0 Å². The molecule has 0 aliphatic carbocycles. The van der Waals surface area contributed by atoms with Gasteiger partial charge in [0, 0.05) is 37.4 Å². The quantitative estimate of drug-likeness (QED) is 0.914. The zero-order chi connectivity index (χ0) is 14.1. The highest BCUT2D eigenvalue weighted by Gasteiger charge is 2.25. The first kappa shape index (κ1) is 13.1. The Morgan fingerprint density at radius 2 is 2.20 bits per heavy atom. The van der Waals surface area contributed by atoms with Gasteiger partial charge in [-0.3, -0.25) is 10.2 Å². The highest BCUT2D eigenvalue weighted by Crippen LogP contribution is 2.32. The van der Waals surface area contributed by atoms with Crippen LogP contribution in [-0.4, -0.2) is 29.2 Å². The van der Waals surface area contributed by atoms with Crippen LogP contribution < -0.4 is 5.43 Å². The molecule has 0 atom stereocenters. The normalized spacial score (nSPS) is 17.5. The summed E-state index contributed by atoms with van der Waals surface area (Å²) in [6.07, 6.45) is 1.78. The van der Waals surface area contributed by atoms with Gasteiger partial charge in [-0.15, -0.1) is 0 Å². The number of fused-ring (bicyclic) bond motifs is 1. The van der Waals surface area contributed by atoms with Gasteiger partial charge in [0.2, 0.25) is 5.91 Å². The van der Waals surface area contributed by atoms with Crippen molar-refractivity contribution in [3.63, 3.8) is 0 Å². The molecule has 0 bridgehead atoms. The van der Waals surface area contributed by atoms with Crippen LogP contribution in [0, 0.1) is 5.82 Å². The largest absolute Gasteiger partial charge is 0.356 e. The van der Waals surface area contributed by atoms with Crippen molar-refractivity contribution in [2.75, 3.05) is 13.1 Å². The molecule has 1 saturated heterocycles. The van der Waals surface area contributed by atoms with E-state index in [-0.39, 0.29) is 17.6 Å². The van der Waals surface area contributed by atoms with E-state index in [1.54, 1.807) is 6.07 Å². The first-order chi connectivity index (χ1) is 9.63. The number of aromatic nitrogens is 1. The van der Waals surface area contributed by atoms with Gasteiger partial charge in [0.25, 0.3) is 0 Å². The minimum Gasteiger partial charge on any atom is -0.356 e. The lowest BCUT2D eigenvalue weighted by Crippen LogP contribution is -2.45. The molecule has 0 saturated carbocycles. The van der Waals surface area contributed by atoms with Crippen LogP contribution in [0.1, 0.15) is 31.4 Å². The Hall–Kier alpha value is -1.95. The number of halogens is 1. The summed E-state index contributed by atoms with van der Waals surface area (Å²) in [5, 5.41) is 6.90. The zero-order valence-corrected chi connectivity index (χ0v) is 11.2.